The van der Waals surface area contributed by atoms with Crippen LogP contribution in [0.5, 0.6) is 0 Å². The highest BCUT2D eigenvalue weighted by atomic mass is 14.8. The van der Waals surface area contributed by atoms with Crippen LogP contribution in [0.1, 0.15) is 30.9 Å². The standard InChI is InChI=1S/C12H17N/c1-5-13-12-7-6-11(9(2)3)8-10(12)4/h5-9,13H,1H2,2-4H3. The Hall–Kier alpha value is -1.24. The normalized spacial score (nSPS) is 10.2. The minimum absolute atomic E-state index is 0.594. The monoisotopic (exact) mass is 175 g/mol. The third kappa shape index (κ3) is 2.35. The number of rotatable bonds is 3. The lowest BCUT2D eigenvalue weighted by Gasteiger charge is -2.10. The molecule has 1 aromatic carbocycles. The van der Waals surface area contributed by atoms with Crippen molar-refractivity contribution in [2.75, 3.05) is 5.32 Å². The molecular weight excluding hydrogens is 158 g/mol. The molecule has 0 saturated carbocycles. The molecule has 70 valence electrons. The van der Waals surface area contributed by atoms with Gasteiger partial charge in [-0.15, -0.1) is 0 Å². The van der Waals surface area contributed by atoms with Crippen LogP contribution in [0.2, 0.25) is 0 Å². The van der Waals surface area contributed by atoms with Crippen molar-refractivity contribution in [3.05, 3.63) is 42.1 Å². The molecule has 0 atom stereocenters. The summed E-state index contributed by atoms with van der Waals surface area (Å²) >= 11 is 0. The number of benzene rings is 1. The summed E-state index contributed by atoms with van der Waals surface area (Å²) in [5.74, 6) is 0.594. The van der Waals surface area contributed by atoms with Crippen molar-refractivity contribution in [1.82, 2.24) is 0 Å². The number of hydrogen-bond acceptors (Lipinski definition) is 1. The molecule has 13 heavy (non-hydrogen) atoms. The van der Waals surface area contributed by atoms with E-state index in [1.165, 1.54) is 11.1 Å². The second-order valence-electron chi connectivity index (χ2n) is 3.58. The zero-order chi connectivity index (χ0) is 9.84. The van der Waals surface area contributed by atoms with Crippen LogP contribution in [0.3, 0.4) is 0 Å². The van der Waals surface area contributed by atoms with Gasteiger partial charge in [0.1, 0.15) is 0 Å². The summed E-state index contributed by atoms with van der Waals surface area (Å²) in [5, 5.41) is 3.11. The van der Waals surface area contributed by atoms with E-state index in [0.717, 1.165) is 5.69 Å². The molecule has 0 aliphatic heterocycles. The van der Waals surface area contributed by atoms with E-state index >= 15 is 0 Å². The Kier molecular flexibility index (Phi) is 3.13. The van der Waals surface area contributed by atoms with Gasteiger partial charge in [-0.25, -0.2) is 0 Å². The molecule has 0 bridgehead atoms. The summed E-state index contributed by atoms with van der Waals surface area (Å²) in [4.78, 5) is 0. The SMILES string of the molecule is C=CNc1ccc(C(C)C)cc1C. The molecule has 1 N–H and O–H groups in total. The van der Waals surface area contributed by atoms with Crippen molar-refractivity contribution in [2.24, 2.45) is 0 Å². The number of nitrogens with one attached hydrogen (secondary N) is 1. The van der Waals surface area contributed by atoms with E-state index in [0.29, 0.717) is 5.92 Å². The average molecular weight is 175 g/mol. The molecule has 0 aromatic heterocycles. The van der Waals surface area contributed by atoms with Gasteiger partial charge in [-0.05, 0) is 36.2 Å². The quantitative estimate of drug-likeness (QED) is 0.739. The van der Waals surface area contributed by atoms with Gasteiger partial charge in [-0.1, -0.05) is 32.6 Å². The maximum atomic E-state index is 3.64. The molecule has 1 nitrogen and oxygen atoms in total. The lowest BCUT2D eigenvalue weighted by molar-refractivity contribution is 0.865. The molecule has 0 heterocycles. The minimum atomic E-state index is 0.594. The first-order valence-electron chi connectivity index (χ1n) is 4.63. The maximum Gasteiger partial charge on any atom is 0.0409 e. The smallest absolute Gasteiger partial charge is 0.0409 e. The van der Waals surface area contributed by atoms with E-state index in [9.17, 15) is 0 Å². The fourth-order valence-electron chi connectivity index (χ4n) is 1.32. The Morgan fingerprint density at radius 1 is 1.38 bits per heavy atom. The maximum absolute atomic E-state index is 3.64. The Morgan fingerprint density at radius 2 is 2.08 bits per heavy atom. The molecule has 0 aliphatic carbocycles. The van der Waals surface area contributed by atoms with Gasteiger partial charge in [0.15, 0.2) is 0 Å². The first kappa shape index (κ1) is 9.85. The van der Waals surface area contributed by atoms with Crippen LogP contribution in [-0.2, 0) is 0 Å². The van der Waals surface area contributed by atoms with Crippen molar-refractivity contribution < 1.29 is 0 Å². The minimum Gasteiger partial charge on any atom is -0.362 e. The molecule has 0 fully saturated rings. The fraction of sp³-hybridized carbons (Fsp3) is 0.333. The summed E-state index contributed by atoms with van der Waals surface area (Å²) in [6.45, 7) is 10.2. The molecule has 1 rings (SSSR count). The van der Waals surface area contributed by atoms with Crippen LogP contribution in [0, 0.1) is 6.92 Å². The first-order valence-corrected chi connectivity index (χ1v) is 4.63. The Balaban J connectivity index is 2.98. The van der Waals surface area contributed by atoms with E-state index in [1.807, 2.05) is 0 Å². The van der Waals surface area contributed by atoms with Gasteiger partial charge in [0.2, 0.25) is 0 Å². The lowest BCUT2D eigenvalue weighted by atomic mass is 10.0. The number of hydrogen-bond donors (Lipinski definition) is 1. The predicted molar refractivity (Wildman–Crippen MR) is 59.1 cm³/mol. The summed E-state index contributed by atoms with van der Waals surface area (Å²) in [5.41, 5.74) is 3.79. The molecular formula is C12H17N. The van der Waals surface area contributed by atoms with Crippen LogP contribution >= 0.6 is 0 Å². The van der Waals surface area contributed by atoms with Crippen LogP contribution in [0.4, 0.5) is 5.69 Å². The zero-order valence-corrected chi connectivity index (χ0v) is 8.59. The van der Waals surface area contributed by atoms with Gasteiger partial charge < -0.3 is 5.32 Å². The first-order chi connectivity index (χ1) is 6.15. The van der Waals surface area contributed by atoms with Gasteiger partial charge in [0.25, 0.3) is 0 Å². The lowest BCUT2D eigenvalue weighted by Crippen LogP contribution is -1.93. The van der Waals surface area contributed by atoms with Gasteiger partial charge in [-0.3, -0.25) is 0 Å². The molecule has 0 radical (unpaired) electrons. The highest BCUT2D eigenvalue weighted by molar-refractivity contribution is 5.53. The molecule has 0 saturated heterocycles. The van der Waals surface area contributed by atoms with Crippen molar-refractivity contribution >= 4 is 5.69 Å². The highest BCUT2D eigenvalue weighted by Crippen LogP contribution is 2.21. The molecule has 0 unspecified atom stereocenters. The molecule has 0 spiro atoms. The summed E-state index contributed by atoms with van der Waals surface area (Å²) in [6, 6.07) is 6.48. The van der Waals surface area contributed by atoms with Gasteiger partial charge >= 0.3 is 0 Å². The second kappa shape index (κ2) is 4.13. The molecule has 1 heteroatoms. The third-order valence-corrected chi connectivity index (χ3v) is 2.17. The Morgan fingerprint density at radius 3 is 2.54 bits per heavy atom. The molecule has 0 amide bonds. The van der Waals surface area contributed by atoms with Crippen LogP contribution < -0.4 is 5.32 Å². The van der Waals surface area contributed by atoms with Gasteiger partial charge in [0.05, 0.1) is 0 Å². The van der Waals surface area contributed by atoms with Gasteiger partial charge in [0, 0.05) is 5.69 Å². The number of anilines is 1. The summed E-state index contributed by atoms with van der Waals surface area (Å²) < 4.78 is 0. The second-order valence-corrected chi connectivity index (χ2v) is 3.58. The largest absolute Gasteiger partial charge is 0.362 e. The topological polar surface area (TPSA) is 12.0 Å². The van der Waals surface area contributed by atoms with Crippen LogP contribution in [0.25, 0.3) is 0 Å². The predicted octanol–water partition coefficient (Wildman–Crippen LogP) is 3.67. The van der Waals surface area contributed by atoms with Crippen molar-refractivity contribution in [1.29, 1.82) is 0 Å². The molecule has 0 aliphatic rings. The summed E-state index contributed by atoms with van der Waals surface area (Å²) in [6.07, 6.45) is 1.71. The van der Waals surface area contributed by atoms with Gasteiger partial charge in [-0.2, -0.15) is 0 Å². The Labute approximate surface area is 80.5 Å². The van der Waals surface area contributed by atoms with Crippen LogP contribution in [0.15, 0.2) is 31.0 Å². The third-order valence-electron chi connectivity index (χ3n) is 2.17. The van der Waals surface area contributed by atoms with Crippen molar-refractivity contribution in [2.45, 2.75) is 26.7 Å². The average Bonchev–Trinajstić information content (AvgIpc) is 2.08. The van der Waals surface area contributed by atoms with E-state index in [2.05, 4.69) is 50.9 Å². The number of aryl methyl sites for hydroxylation is 1. The van der Waals surface area contributed by atoms with E-state index in [-0.39, 0.29) is 0 Å². The van der Waals surface area contributed by atoms with Crippen LogP contribution in [-0.4, -0.2) is 0 Å². The summed E-state index contributed by atoms with van der Waals surface area (Å²) in [7, 11) is 0. The van der Waals surface area contributed by atoms with Crippen molar-refractivity contribution in [3.63, 3.8) is 0 Å². The van der Waals surface area contributed by atoms with E-state index in [1.54, 1.807) is 6.20 Å². The molecule has 1 aromatic rings. The zero-order valence-electron chi connectivity index (χ0n) is 8.59. The fourth-order valence-corrected chi connectivity index (χ4v) is 1.32. The van der Waals surface area contributed by atoms with Crippen molar-refractivity contribution in [3.8, 4) is 0 Å². The van der Waals surface area contributed by atoms with E-state index in [4.69, 9.17) is 0 Å². The highest BCUT2D eigenvalue weighted by Gasteiger charge is 2.01. The Bertz CT molecular complexity index is 300. The van der Waals surface area contributed by atoms with E-state index < -0.39 is 0 Å².